The molecule has 106 valence electrons. The van der Waals surface area contributed by atoms with Gasteiger partial charge in [-0.2, -0.15) is 0 Å². The first-order valence-electron chi connectivity index (χ1n) is 7.12. The second kappa shape index (κ2) is 5.51. The molecule has 1 aliphatic heterocycles. The fourth-order valence-corrected chi connectivity index (χ4v) is 2.94. The molecule has 0 aromatic heterocycles. The van der Waals surface area contributed by atoms with Crippen LogP contribution in [0.2, 0.25) is 0 Å². The Kier molecular flexibility index (Phi) is 4.16. The van der Waals surface area contributed by atoms with E-state index in [1.165, 1.54) is 16.8 Å². The van der Waals surface area contributed by atoms with Crippen LogP contribution in [0.25, 0.3) is 0 Å². The Hall–Kier alpha value is -1.06. The first kappa shape index (κ1) is 14.4. The molecule has 19 heavy (non-hydrogen) atoms. The number of aliphatic hydroxyl groups excluding tert-OH is 1. The number of nitrogens with one attached hydrogen (secondary N) is 1. The maximum atomic E-state index is 9.27. The number of hydrogen-bond donors (Lipinski definition) is 2. The molecular formula is C16H26N2O. The van der Waals surface area contributed by atoms with Gasteiger partial charge >= 0.3 is 0 Å². The van der Waals surface area contributed by atoms with Crippen molar-refractivity contribution < 1.29 is 5.11 Å². The fraction of sp³-hybridized carbons (Fsp3) is 0.625. The Balaban J connectivity index is 2.30. The molecule has 3 heteroatoms. The first-order valence-corrected chi connectivity index (χ1v) is 7.12. The highest BCUT2D eigenvalue weighted by Gasteiger charge is 2.32. The average Bonchev–Trinajstić information content (AvgIpc) is 2.30. The zero-order valence-corrected chi connectivity index (χ0v) is 12.5. The van der Waals surface area contributed by atoms with E-state index in [4.69, 9.17) is 0 Å². The number of aliphatic hydroxyl groups is 1. The summed E-state index contributed by atoms with van der Waals surface area (Å²) >= 11 is 0. The molecule has 3 nitrogen and oxygen atoms in total. The van der Waals surface area contributed by atoms with Crippen LogP contribution in [-0.2, 0) is 0 Å². The number of anilines is 1. The molecule has 2 N–H and O–H groups in total. The average molecular weight is 262 g/mol. The molecule has 1 saturated heterocycles. The summed E-state index contributed by atoms with van der Waals surface area (Å²) in [4.78, 5) is 2.45. The number of benzene rings is 1. The third-order valence-corrected chi connectivity index (χ3v) is 3.82. The van der Waals surface area contributed by atoms with E-state index < -0.39 is 0 Å². The molecular weight excluding hydrogens is 236 g/mol. The second-order valence-electron chi connectivity index (χ2n) is 6.40. The molecule has 1 aromatic rings. The molecule has 0 amide bonds. The van der Waals surface area contributed by atoms with Crippen molar-refractivity contribution in [2.24, 2.45) is 0 Å². The van der Waals surface area contributed by atoms with Crippen LogP contribution in [0.3, 0.4) is 0 Å². The van der Waals surface area contributed by atoms with Gasteiger partial charge in [-0.1, -0.05) is 6.07 Å². The Labute approximate surface area is 116 Å². The van der Waals surface area contributed by atoms with Crippen molar-refractivity contribution in [3.63, 3.8) is 0 Å². The van der Waals surface area contributed by atoms with Crippen LogP contribution < -0.4 is 10.2 Å². The van der Waals surface area contributed by atoms with Gasteiger partial charge in [-0.25, -0.2) is 0 Å². The molecule has 1 atom stereocenters. The predicted molar refractivity (Wildman–Crippen MR) is 80.8 cm³/mol. The summed E-state index contributed by atoms with van der Waals surface area (Å²) in [5.74, 6) is 0. The normalized spacial score (nSPS) is 22.6. The van der Waals surface area contributed by atoms with Crippen LogP contribution in [0.4, 0.5) is 5.69 Å². The number of hydrogen-bond acceptors (Lipinski definition) is 3. The maximum absolute atomic E-state index is 9.27. The lowest BCUT2D eigenvalue weighted by atomic mass is 9.96. The van der Waals surface area contributed by atoms with Crippen LogP contribution in [-0.4, -0.2) is 36.4 Å². The number of piperazine rings is 1. The highest BCUT2D eigenvalue weighted by atomic mass is 16.3. The molecule has 2 rings (SSSR count). The van der Waals surface area contributed by atoms with E-state index in [1.54, 1.807) is 0 Å². The van der Waals surface area contributed by atoms with Gasteiger partial charge in [-0.15, -0.1) is 0 Å². The first-order chi connectivity index (χ1) is 8.91. The van der Waals surface area contributed by atoms with Crippen molar-refractivity contribution in [2.45, 2.75) is 45.7 Å². The van der Waals surface area contributed by atoms with E-state index in [0.29, 0.717) is 6.04 Å². The summed E-state index contributed by atoms with van der Waals surface area (Å²) < 4.78 is 0. The molecule has 1 fully saturated rings. The summed E-state index contributed by atoms with van der Waals surface area (Å²) in [6.07, 6.45) is 0.816. The van der Waals surface area contributed by atoms with Gasteiger partial charge < -0.3 is 15.3 Å². The van der Waals surface area contributed by atoms with Gasteiger partial charge in [0.25, 0.3) is 0 Å². The van der Waals surface area contributed by atoms with Gasteiger partial charge in [-0.05, 0) is 57.4 Å². The highest BCUT2D eigenvalue weighted by Crippen LogP contribution is 2.26. The van der Waals surface area contributed by atoms with Gasteiger partial charge in [0.2, 0.25) is 0 Å². The standard InChI is InChI=1S/C16H26N2O/c1-12-7-13(2)9-15(8-12)18-11-16(3,4)17-10-14(18)5-6-19/h7-9,14,17,19H,5-6,10-11H2,1-4H3. The minimum absolute atomic E-state index is 0.115. The van der Waals surface area contributed by atoms with Gasteiger partial charge in [0, 0.05) is 37.0 Å². The molecule has 0 radical (unpaired) electrons. The lowest BCUT2D eigenvalue weighted by molar-refractivity contribution is 0.241. The second-order valence-corrected chi connectivity index (χ2v) is 6.40. The minimum atomic E-state index is 0.115. The van der Waals surface area contributed by atoms with Crippen molar-refractivity contribution in [3.05, 3.63) is 29.3 Å². The van der Waals surface area contributed by atoms with Gasteiger partial charge in [-0.3, -0.25) is 0 Å². The SMILES string of the molecule is Cc1cc(C)cc(N2CC(C)(C)NCC2CCO)c1. The Morgan fingerprint density at radius 1 is 1.26 bits per heavy atom. The Morgan fingerprint density at radius 2 is 1.89 bits per heavy atom. The number of nitrogens with zero attached hydrogens (tertiary/aromatic N) is 1. The van der Waals surface area contributed by atoms with Crippen LogP contribution in [0.15, 0.2) is 18.2 Å². The molecule has 1 unspecified atom stereocenters. The summed E-state index contributed by atoms with van der Waals surface area (Å²) in [7, 11) is 0. The summed E-state index contributed by atoms with van der Waals surface area (Å²) in [6, 6.07) is 7.08. The molecule has 0 aliphatic carbocycles. The summed E-state index contributed by atoms with van der Waals surface area (Å²) in [5.41, 5.74) is 4.00. The molecule has 0 bridgehead atoms. The summed E-state index contributed by atoms with van der Waals surface area (Å²) in [5, 5.41) is 12.8. The van der Waals surface area contributed by atoms with Crippen LogP contribution in [0, 0.1) is 13.8 Å². The lowest BCUT2D eigenvalue weighted by Crippen LogP contribution is -2.62. The van der Waals surface area contributed by atoms with Crippen molar-refractivity contribution in [1.82, 2.24) is 5.32 Å². The zero-order valence-electron chi connectivity index (χ0n) is 12.5. The number of aryl methyl sites for hydroxylation is 2. The Morgan fingerprint density at radius 3 is 2.47 bits per heavy atom. The number of rotatable bonds is 3. The van der Waals surface area contributed by atoms with E-state index in [2.05, 4.69) is 56.1 Å². The third kappa shape index (κ3) is 3.48. The summed E-state index contributed by atoms with van der Waals surface area (Å²) in [6.45, 7) is 10.9. The predicted octanol–water partition coefficient (Wildman–Crippen LogP) is 2.24. The van der Waals surface area contributed by atoms with Crippen molar-refractivity contribution in [1.29, 1.82) is 0 Å². The molecule has 1 aliphatic rings. The van der Waals surface area contributed by atoms with Crippen LogP contribution in [0.1, 0.15) is 31.4 Å². The topological polar surface area (TPSA) is 35.5 Å². The lowest BCUT2D eigenvalue weighted by Gasteiger charge is -2.46. The van der Waals surface area contributed by atoms with Gasteiger partial charge in [0.05, 0.1) is 0 Å². The highest BCUT2D eigenvalue weighted by molar-refractivity contribution is 5.52. The van der Waals surface area contributed by atoms with Crippen LogP contribution in [0.5, 0.6) is 0 Å². The fourth-order valence-electron chi connectivity index (χ4n) is 2.94. The van der Waals surface area contributed by atoms with Crippen molar-refractivity contribution in [3.8, 4) is 0 Å². The van der Waals surface area contributed by atoms with Crippen molar-refractivity contribution in [2.75, 3.05) is 24.6 Å². The quantitative estimate of drug-likeness (QED) is 0.877. The molecule has 1 heterocycles. The van der Waals surface area contributed by atoms with E-state index in [0.717, 1.165) is 19.5 Å². The van der Waals surface area contributed by atoms with E-state index in [-0.39, 0.29) is 12.1 Å². The third-order valence-electron chi connectivity index (χ3n) is 3.82. The minimum Gasteiger partial charge on any atom is -0.396 e. The van der Waals surface area contributed by atoms with E-state index in [1.807, 2.05) is 0 Å². The Bertz CT molecular complexity index is 422. The molecule has 1 aromatic carbocycles. The van der Waals surface area contributed by atoms with E-state index >= 15 is 0 Å². The monoisotopic (exact) mass is 262 g/mol. The molecule has 0 spiro atoms. The smallest absolute Gasteiger partial charge is 0.0451 e. The largest absolute Gasteiger partial charge is 0.396 e. The maximum Gasteiger partial charge on any atom is 0.0451 e. The van der Waals surface area contributed by atoms with E-state index in [9.17, 15) is 5.11 Å². The van der Waals surface area contributed by atoms with Crippen molar-refractivity contribution >= 4 is 5.69 Å². The van der Waals surface area contributed by atoms with Crippen LogP contribution >= 0.6 is 0 Å². The molecule has 0 saturated carbocycles. The van der Waals surface area contributed by atoms with Gasteiger partial charge in [0.1, 0.15) is 0 Å². The van der Waals surface area contributed by atoms with Gasteiger partial charge in [0.15, 0.2) is 0 Å². The zero-order chi connectivity index (χ0) is 14.0.